The molecular weight excluding hydrogens is 314 g/mol. The molecule has 132 valence electrons. The number of nitrogens with zero attached hydrogens (tertiary/aromatic N) is 4. The zero-order valence-electron chi connectivity index (χ0n) is 14.9. The van der Waals surface area contributed by atoms with Crippen molar-refractivity contribution in [3.8, 4) is 0 Å². The number of carbonyl (C=O) groups is 1. The van der Waals surface area contributed by atoms with Gasteiger partial charge in [0, 0.05) is 38.3 Å². The monoisotopic (exact) mass is 339 g/mol. The number of carbonyl (C=O) groups excluding carboxylic acids is 1. The van der Waals surface area contributed by atoms with Gasteiger partial charge < -0.3 is 15.1 Å². The summed E-state index contributed by atoms with van der Waals surface area (Å²) >= 11 is 0. The van der Waals surface area contributed by atoms with E-state index in [0.29, 0.717) is 11.5 Å². The second-order valence-corrected chi connectivity index (χ2v) is 6.29. The van der Waals surface area contributed by atoms with E-state index >= 15 is 0 Å². The highest BCUT2D eigenvalue weighted by atomic mass is 16.2. The molecule has 0 saturated carbocycles. The fraction of sp³-hybridized carbons (Fsp3) is 0.421. The van der Waals surface area contributed by atoms with E-state index in [1.54, 1.807) is 6.07 Å². The van der Waals surface area contributed by atoms with Gasteiger partial charge in [-0.2, -0.15) is 0 Å². The molecule has 25 heavy (non-hydrogen) atoms. The minimum Gasteiger partial charge on any atom is -0.363 e. The van der Waals surface area contributed by atoms with Crippen molar-refractivity contribution in [2.75, 3.05) is 38.0 Å². The van der Waals surface area contributed by atoms with Gasteiger partial charge in [-0.3, -0.25) is 4.79 Å². The fourth-order valence-electron chi connectivity index (χ4n) is 3.03. The molecule has 0 bridgehead atoms. The summed E-state index contributed by atoms with van der Waals surface area (Å²) in [5.41, 5.74) is 1.62. The van der Waals surface area contributed by atoms with E-state index in [2.05, 4.69) is 46.2 Å². The Kier molecular flexibility index (Phi) is 5.60. The molecular formula is C19H25N5O. The Balaban J connectivity index is 1.66. The highest BCUT2D eigenvalue weighted by Gasteiger charge is 2.22. The third-order valence-corrected chi connectivity index (χ3v) is 4.66. The Morgan fingerprint density at radius 2 is 1.88 bits per heavy atom. The maximum atomic E-state index is 12.7. The van der Waals surface area contributed by atoms with E-state index in [4.69, 9.17) is 0 Å². The average Bonchev–Trinajstić information content (AvgIpc) is 2.68. The Morgan fingerprint density at radius 1 is 1.16 bits per heavy atom. The van der Waals surface area contributed by atoms with Crippen LogP contribution >= 0.6 is 0 Å². The van der Waals surface area contributed by atoms with Crippen LogP contribution in [0.2, 0.25) is 0 Å². The fourth-order valence-corrected chi connectivity index (χ4v) is 3.03. The van der Waals surface area contributed by atoms with Crippen LogP contribution in [0, 0.1) is 0 Å². The highest BCUT2D eigenvalue weighted by Crippen LogP contribution is 2.18. The lowest BCUT2D eigenvalue weighted by Crippen LogP contribution is -2.48. The van der Waals surface area contributed by atoms with Gasteiger partial charge in [-0.1, -0.05) is 37.3 Å². The summed E-state index contributed by atoms with van der Waals surface area (Å²) in [4.78, 5) is 25.3. The molecule has 1 aliphatic rings. The number of hydrogen-bond acceptors (Lipinski definition) is 5. The molecule has 1 atom stereocenters. The number of anilines is 1. The zero-order valence-corrected chi connectivity index (χ0v) is 14.9. The lowest BCUT2D eigenvalue weighted by molar-refractivity contribution is 0.0637. The normalized spacial score (nSPS) is 16.5. The van der Waals surface area contributed by atoms with Gasteiger partial charge in [0.25, 0.3) is 5.91 Å². The number of rotatable bonds is 5. The molecule has 0 spiro atoms. The third kappa shape index (κ3) is 4.33. The van der Waals surface area contributed by atoms with Gasteiger partial charge in [0.1, 0.15) is 17.8 Å². The summed E-state index contributed by atoms with van der Waals surface area (Å²) in [6, 6.07) is 12.0. The Morgan fingerprint density at radius 3 is 2.56 bits per heavy atom. The molecule has 2 heterocycles. The van der Waals surface area contributed by atoms with Crippen LogP contribution in [-0.4, -0.2) is 58.4 Å². The molecule has 3 rings (SSSR count). The van der Waals surface area contributed by atoms with Gasteiger partial charge in [-0.05, 0) is 19.0 Å². The van der Waals surface area contributed by atoms with E-state index < -0.39 is 0 Å². The van der Waals surface area contributed by atoms with Crippen molar-refractivity contribution in [1.82, 2.24) is 19.8 Å². The molecule has 0 radical (unpaired) electrons. The van der Waals surface area contributed by atoms with E-state index in [9.17, 15) is 4.79 Å². The van der Waals surface area contributed by atoms with Crippen LogP contribution in [-0.2, 0) is 0 Å². The van der Waals surface area contributed by atoms with Crippen LogP contribution in [0.3, 0.4) is 0 Å². The number of aromatic nitrogens is 2. The molecule has 1 amide bonds. The number of likely N-dealkylation sites (N-methyl/N-ethyl adjacent to an activating group) is 1. The van der Waals surface area contributed by atoms with Gasteiger partial charge in [-0.15, -0.1) is 0 Å². The lowest BCUT2D eigenvalue weighted by Gasteiger charge is -2.33. The minimum atomic E-state index is -0.0198. The first-order chi connectivity index (χ1) is 12.2. The third-order valence-electron chi connectivity index (χ3n) is 4.66. The molecule has 6 heteroatoms. The Bertz CT molecular complexity index is 698. The molecule has 1 fully saturated rings. The van der Waals surface area contributed by atoms with Gasteiger partial charge in [0.05, 0.1) is 0 Å². The van der Waals surface area contributed by atoms with Gasteiger partial charge in [-0.25, -0.2) is 9.97 Å². The summed E-state index contributed by atoms with van der Waals surface area (Å²) in [5, 5.41) is 3.34. The first-order valence-electron chi connectivity index (χ1n) is 8.82. The second-order valence-electron chi connectivity index (χ2n) is 6.29. The average molecular weight is 339 g/mol. The second kappa shape index (κ2) is 8.07. The molecule has 1 saturated heterocycles. The van der Waals surface area contributed by atoms with Crippen LogP contribution in [0.5, 0.6) is 0 Å². The van der Waals surface area contributed by atoms with Crippen molar-refractivity contribution in [3.63, 3.8) is 0 Å². The van der Waals surface area contributed by atoms with Gasteiger partial charge in [0.2, 0.25) is 0 Å². The summed E-state index contributed by atoms with van der Waals surface area (Å²) in [5.74, 6) is 0.649. The van der Waals surface area contributed by atoms with Crippen molar-refractivity contribution < 1.29 is 4.79 Å². The topological polar surface area (TPSA) is 61.4 Å². The number of hydrogen-bond donors (Lipinski definition) is 1. The lowest BCUT2D eigenvalue weighted by atomic mass is 10.1. The molecule has 1 aliphatic heterocycles. The zero-order chi connectivity index (χ0) is 17.6. The summed E-state index contributed by atoms with van der Waals surface area (Å²) < 4.78 is 0. The summed E-state index contributed by atoms with van der Waals surface area (Å²) in [6.07, 6.45) is 1.45. The first-order valence-corrected chi connectivity index (χ1v) is 8.82. The Hall–Kier alpha value is -2.47. The maximum absolute atomic E-state index is 12.7. The number of nitrogens with one attached hydrogen (secondary N) is 1. The SMILES string of the molecule is CCN1CCN(C(=O)c2cc(NC(C)c3ccccc3)ncn2)CC1. The quantitative estimate of drug-likeness (QED) is 0.906. The van der Waals surface area contributed by atoms with E-state index in [1.807, 2.05) is 23.1 Å². The number of amides is 1. The molecule has 2 aromatic rings. The molecule has 1 N–H and O–H groups in total. The molecule has 6 nitrogen and oxygen atoms in total. The van der Waals surface area contributed by atoms with Crippen molar-refractivity contribution in [1.29, 1.82) is 0 Å². The van der Waals surface area contributed by atoms with Crippen LogP contribution in [0.15, 0.2) is 42.7 Å². The molecule has 1 aromatic carbocycles. The number of piperazine rings is 1. The summed E-state index contributed by atoms with van der Waals surface area (Å²) in [6.45, 7) is 8.59. The van der Waals surface area contributed by atoms with Gasteiger partial charge >= 0.3 is 0 Å². The molecule has 1 unspecified atom stereocenters. The van der Waals surface area contributed by atoms with Crippen LogP contribution in [0.1, 0.15) is 35.9 Å². The van der Waals surface area contributed by atoms with Crippen molar-refractivity contribution >= 4 is 11.7 Å². The summed E-state index contributed by atoms with van der Waals surface area (Å²) in [7, 11) is 0. The molecule has 1 aromatic heterocycles. The van der Waals surface area contributed by atoms with Gasteiger partial charge in [0.15, 0.2) is 0 Å². The molecule has 0 aliphatic carbocycles. The largest absolute Gasteiger partial charge is 0.363 e. The van der Waals surface area contributed by atoms with Crippen molar-refractivity contribution in [2.24, 2.45) is 0 Å². The maximum Gasteiger partial charge on any atom is 0.272 e. The van der Waals surface area contributed by atoms with Crippen molar-refractivity contribution in [3.05, 3.63) is 54.0 Å². The predicted octanol–water partition coefficient (Wildman–Crippen LogP) is 2.43. The van der Waals surface area contributed by atoms with E-state index in [1.165, 1.54) is 11.9 Å². The van der Waals surface area contributed by atoms with Crippen LogP contribution in [0.25, 0.3) is 0 Å². The smallest absolute Gasteiger partial charge is 0.272 e. The van der Waals surface area contributed by atoms with Crippen LogP contribution in [0.4, 0.5) is 5.82 Å². The van der Waals surface area contributed by atoms with E-state index in [0.717, 1.165) is 32.7 Å². The standard InChI is InChI=1S/C19H25N5O/c1-3-23-9-11-24(12-10-23)19(25)17-13-18(21-14-20-17)22-15(2)16-7-5-4-6-8-16/h4-8,13-15H,3,9-12H2,1-2H3,(H,20,21,22). The predicted molar refractivity (Wildman–Crippen MR) is 98.5 cm³/mol. The van der Waals surface area contributed by atoms with Crippen molar-refractivity contribution in [2.45, 2.75) is 19.9 Å². The van der Waals surface area contributed by atoms with Crippen LogP contribution < -0.4 is 5.32 Å². The highest BCUT2D eigenvalue weighted by molar-refractivity contribution is 5.93. The minimum absolute atomic E-state index is 0.0198. The Labute approximate surface area is 148 Å². The number of benzene rings is 1. The first kappa shape index (κ1) is 17.4. The van der Waals surface area contributed by atoms with E-state index in [-0.39, 0.29) is 11.9 Å².